The molecule has 0 atom stereocenters. The molecule has 84 valence electrons. The van der Waals surface area contributed by atoms with Crippen molar-refractivity contribution in [3.63, 3.8) is 0 Å². The molecule has 5 heteroatoms. The summed E-state index contributed by atoms with van der Waals surface area (Å²) in [5.41, 5.74) is -4.49. The fourth-order valence-electron chi connectivity index (χ4n) is 1.21. The minimum Gasteiger partial charge on any atom is -0.300 e. The Balaban J connectivity index is 3.82. The number of hydrogen-bond donors (Lipinski definition) is 0. The van der Waals surface area contributed by atoms with Gasteiger partial charge in [0.25, 0.3) is 0 Å². The van der Waals surface area contributed by atoms with E-state index in [9.17, 15) is 18.0 Å². The minimum atomic E-state index is -4.16. The van der Waals surface area contributed by atoms with Gasteiger partial charge in [0.2, 0.25) is 0 Å². The zero-order valence-corrected chi connectivity index (χ0v) is 9.39. The first-order valence-electron chi connectivity index (χ1n) is 4.32. The molecule has 0 unspecified atom stereocenters. The lowest BCUT2D eigenvalue weighted by Crippen LogP contribution is -2.17. The van der Waals surface area contributed by atoms with Crippen molar-refractivity contribution in [3.8, 4) is 0 Å². The van der Waals surface area contributed by atoms with Gasteiger partial charge in [-0.25, -0.2) is 0 Å². The average Bonchev–Trinajstić information content (AvgIpc) is 1.78. The van der Waals surface area contributed by atoms with E-state index in [1.54, 1.807) is 0 Å². The van der Waals surface area contributed by atoms with Gasteiger partial charge in [0, 0.05) is 12.2 Å². The maximum atomic E-state index is 11.8. The van der Waals surface area contributed by atoms with Gasteiger partial charge in [-0.15, -0.1) is 0 Å². The third-order valence-electron chi connectivity index (χ3n) is 1.77. The molecule has 0 heterocycles. The molecule has 0 N–H and O–H groups in total. The number of thioether (sulfide) groups is 1. The van der Waals surface area contributed by atoms with Crippen molar-refractivity contribution in [2.45, 2.75) is 39.1 Å². The largest absolute Gasteiger partial charge is 0.441 e. The van der Waals surface area contributed by atoms with Crippen LogP contribution in [0, 0.1) is 5.41 Å². The number of hydrogen-bond acceptors (Lipinski definition) is 2. The quantitative estimate of drug-likeness (QED) is 0.714. The van der Waals surface area contributed by atoms with Crippen LogP contribution in [-0.2, 0) is 4.79 Å². The molecule has 0 saturated heterocycles. The first-order valence-corrected chi connectivity index (χ1v) is 5.31. The molecule has 0 radical (unpaired) electrons. The van der Waals surface area contributed by atoms with Gasteiger partial charge in [0.05, 0.1) is 0 Å². The average molecular weight is 228 g/mol. The topological polar surface area (TPSA) is 17.1 Å². The van der Waals surface area contributed by atoms with E-state index in [-0.39, 0.29) is 28.7 Å². The number of carbonyl (C=O) groups excluding carboxylic acids is 1. The highest BCUT2D eigenvalue weighted by Gasteiger charge is 2.29. The molecule has 0 aliphatic heterocycles. The minimum absolute atomic E-state index is 0.0176. The van der Waals surface area contributed by atoms with Gasteiger partial charge >= 0.3 is 5.51 Å². The lowest BCUT2D eigenvalue weighted by atomic mass is 9.85. The fourth-order valence-corrected chi connectivity index (χ4v) is 2.09. The second kappa shape index (κ2) is 5.05. The van der Waals surface area contributed by atoms with Gasteiger partial charge in [0.1, 0.15) is 5.78 Å². The number of rotatable bonds is 5. The summed E-state index contributed by atoms with van der Waals surface area (Å²) in [4.78, 5) is 10.8. The number of alkyl halides is 3. The third kappa shape index (κ3) is 8.41. The van der Waals surface area contributed by atoms with Crippen LogP contribution in [0.5, 0.6) is 0 Å². The van der Waals surface area contributed by atoms with Crippen LogP contribution in [0.4, 0.5) is 13.2 Å². The van der Waals surface area contributed by atoms with Crippen LogP contribution in [-0.4, -0.2) is 17.0 Å². The molecule has 0 rings (SSSR count). The Labute approximate surface area is 86.4 Å². The number of halogens is 3. The predicted molar refractivity (Wildman–Crippen MR) is 52.2 cm³/mol. The zero-order valence-electron chi connectivity index (χ0n) is 8.57. The summed E-state index contributed by atoms with van der Waals surface area (Å²) in [6.07, 6.45) is 0.738. The Morgan fingerprint density at radius 2 is 1.79 bits per heavy atom. The van der Waals surface area contributed by atoms with Crippen LogP contribution in [0.3, 0.4) is 0 Å². The van der Waals surface area contributed by atoms with E-state index in [4.69, 9.17) is 0 Å². The molecule has 0 aromatic rings. The summed E-state index contributed by atoms with van der Waals surface area (Å²) in [6, 6.07) is 0. The van der Waals surface area contributed by atoms with Crippen molar-refractivity contribution in [2.24, 2.45) is 5.41 Å². The summed E-state index contributed by atoms with van der Waals surface area (Å²) >= 11 is -0.0238. The molecule has 14 heavy (non-hydrogen) atoms. The normalized spacial score (nSPS) is 13.0. The first kappa shape index (κ1) is 13.8. The molecule has 0 bridgehead atoms. The van der Waals surface area contributed by atoms with Gasteiger partial charge in [-0.2, -0.15) is 13.2 Å². The lowest BCUT2D eigenvalue weighted by molar-refractivity contribution is -0.118. The van der Waals surface area contributed by atoms with E-state index in [0.29, 0.717) is 12.8 Å². The van der Waals surface area contributed by atoms with Crippen molar-refractivity contribution in [2.75, 3.05) is 5.75 Å². The Bertz CT molecular complexity index is 199. The molecule has 0 fully saturated rings. The smallest absolute Gasteiger partial charge is 0.300 e. The molecule has 0 aromatic carbocycles. The van der Waals surface area contributed by atoms with Gasteiger partial charge in [-0.3, -0.25) is 0 Å². The SMILES string of the molecule is CC(=O)CC(C)(C)CCSC(F)(F)F. The van der Waals surface area contributed by atoms with E-state index >= 15 is 0 Å². The maximum Gasteiger partial charge on any atom is 0.441 e. The van der Waals surface area contributed by atoms with Gasteiger partial charge < -0.3 is 4.79 Å². The number of ketones is 1. The van der Waals surface area contributed by atoms with E-state index in [1.807, 2.05) is 13.8 Å². The highest BCUT2D eigenvalue weighted by atomic mass is 32.2. The van der Waals surface area contributed by atoms with Crippen LogP contribution >= 0.6 is 11.8 Å². The Kier molecular flexibility index (Phi) is 4.98. The Morgan fingerprint density at radius 1 is 1.29 bits per heavy atom. The van der Waals surface area contributed by atoms with E-state index in [2.05, 4.69) is 0 Å². The number of Topliss-reactive ketones (excluding diaryl/α,β-unsaturated/α-hetero) is 1. The van der Waals surface area contributed by atoms with E-state index < -0.39 is 5.51 Å². The highest BCUT2D eigenvalue weighted by Crippen LogP contribution is 2.34. The van der Waals surface area contributed by atoms with Gasteiger partial charge in [0.15, 0.2) is 0 Å². The molecule has 0 amide bonds. The summed E-state index contributed by atoms with van der Waals surface area (Å²) in [5, 5.41) is 0. The third-order valence-corrected chi connectivity index (χ3v) is 2.51. The van der Waals surface area contributed by atoms with E-state index in [0.717, 1.165) is 0 Å². The molecular weight excluding hydrogens is 213 g/mol. The van der Waals surface area contributed by atoms with Crippen LogP contribution in [0.15, 0.2) is 0 Å². The van der Waals surface area contributed by atoms with Gasteiger partial charge in [-0.1, -0.05) is 25.6 Å². The molecule has 1 nitrogen and oxygen atoms in total. The summed E-state index contributed by atoms with van der Waals surface area (Å²) in [5.74, 6) is 0.0380. The van der Waals surface area contributed by atoms with Crippen molar-refractivity contribution >= 4 is 17.5 Å². The van der Waals surface area contributed by atoms with E-state index in [1.165, 1.54) is 6.92 Å². The van der Waals surface area contributed by atoms with Crippen LogP contribution in [0.1, 0.15) is 33.6 Å². The Morgan fingerprint density at radius 3 is 2.14 bits per heavy atom. The van der Waals surface area contributed by atoms with Crippen LogP contribution in [0.2, 0.25) is 0 Å². The van der Waals surface area contributed by atoms with Crippen molar-refractivity contribution in [1.82, 2.24) is 0 Å². The standard InChI is InChI=1S/C9H15F3OS/c1-7(13)6-8(2,3)4-5-14-9(10,11)12/h4-6H2,1-3H3. The molecule has 0 aliphatic rings. The molecule has 0 saturated carbocycles. The predicted octanol–water partition coefficient (Wildman–Crippen LogP) is 3.63. The summed E-state index contributed by atoms with van der Waals surface area (Å²) in [7, 11) is 0. The molecule has 0 aromatic heterocycles. The van der Waals surface area contributed by atoms with Gasteiger partial charge in [-0.05, 0) is 18.8 Å². The maximum absolute atomic E-state index is 11.8. The second-order valence-electron chi connectivity index (χ2n) is 4.09. The van der Waals surface area contributed by atoms with Crippen LogP contribution in [0.25, 0.3) is 0 Å². The molecular formula is C9H15F3OS. The highest BCUT2D eigenvalue weighted by molar-refractivity contribution is 8.00. The van der Waals surface area contributed by atoms with Crippen molar-refractivity contribution in [1.29, 1.82) is 0 Å². The number of carbonyl (C=O) groups is 1. The fraction of sp³-hybridized carbons (Fsp3) is 0.889. The van der Waals surface area contributed by atoms with Crippen LogP contribution < -0.4 is 0 Å². The Hall–Kier alpha value is -0.190. The zero-order chi connectivity index (χ0) is 11.4. The first-order chi connectivity index (χ1) is 6.12. The van der Waals surface area contributed by atoms with Crippen molar-refractivity contribution < 1.29 is 18.0 Å². The summed E-state index contributed by atoms with van der Waals surface area (Å²) in [6.45, 7) is 5.08. The summed E-state index contributed by atoms with van der Waals surface area (Å²) < 4.78 is 35.4. The lowest BCUT2D eigenvalue weighted by Gasteiger charge is -2.22. The van der Waals surface area contributed by atoms with Crippen molar-refractivity contribution in [3.05, 3.63) is 0 Å². The monoisotopic (exact) mass is 228 g/mol. The molecule has 0 spiro atoms. The molecule has 0 aliphatic carbocycles. The second-order valence-corrected chi connectivity index (χ2v) is 5.25.